The Morgan fingerprint density at radius 1 is 1.45 bits per heavy atom. The Kier molecular flexibility index (Phi) is 5.27. The maximum Gasteiger partial charge on any atom is 0.257 e. The van der Waals surface area contributed by atoms with E-state index < -0.39 is 0 Å². The van der Waals surface area contributed by atoms with Crippen LogP contribution in [-0.4, -0.2) is 47.6 Å². The lowest BCUT2D eigenvalue weighted by molar-refractivity contribution is 0.0802. The number of nitrogens with zero attached hydrogens (tertiary/aromatic N) is 3. The van der Waals surface area contributed by atoms with Crippen molar-refractivity contribution in [1.82, 2.24) is 20.4 Å². The second-order valence-electron chi connectivity index (χ2n) is 5.31. The first-order valence-electron chi connectivity index (χ1n) is 7.40. The van der Waals surface area contributed by atoms with Gasteiger partial charge in [-0.25, -0.2) is 0 Å². The molecule has 0 aliphatic rings. The van der Waals surface area contributed by atoms with Crippen LogP contribution in [0.2, 0.25) is 0 Å². The van der Waals surface area contributed by atoms with Crippen LogP contribution in [0.3, 0.4) is 0 Å². The van der Waals surface area contributed by atoms with Crippen molar-refractivity contribution in [3.05, 3.63) is 35.7 Å². The first-order valence-corrected chi connectivity index (χ1v) is 7.40. The molecule has 0 aliphatic carbocycles. The molecule has 0 spiro atoms. The maximum absolute atomic E-state index is 12.2. The molecule has 22 heavy (non-hydrogen) atoms. The van der Waals surface area contributed by atoms with Crippen LogP contribution in [0.4, 0.5) is 0 Å². The molecule has 2 aromatic rings. The lowest BCUT2D eigenvalue weighted by atomic mass is 10.1. The van der Waals surface area contributed by atoms with E-state index in [-0.39, 0.29) is 11.9 Å². The van der Waals surface area contributed by atoms with Gasteiger partial charge in [-0.05, 0) is 39.1 Å². The Morgan fingerprint density at radius 3 is 2.91 bits per heavy atom. The molecule has 2 rings (SSSR count). The summed E-state index contributed by atoms with van der Waals surface area (Å²) in [6.45, 7) is 4.65. The van der Waals surface area contributed by atoms with Gasteiger partial charge >= 0.3 is 0 Å². The molecule has 118 valence electrons. The predicted octanol–water partition coefficient (Wildman–Crippen LogP) is 1.98. The van der Waals surface area contributed by atoms with E-state index in [0.717, 1.165) is 5.56 Å². The Morgan fingerprint density at radius 2 is 2.23 bits per heavy atom. The van der Waals surface area contributed by atoms with Crippen LogP contribution in [0.5, 0.6) is 0 Å². The van der Waals surface area contributed by atoms with E-state index in [2.05, 4.69) is 22.4 Å². The number of likely N-dealkylation sites (N-methyl/N-ethyl adjacent to an activating group) is 1. The van der Waals surface area contributed by atoms with Crippen molar-refractivity contribution in [2.24, 2.45) is 0 Å². The Hall–Kier alpha value is -2.21. The number of hydrogen-bond acceptors (Lipinski definition) is 5. The third kappa shape index (κ3) is 3.71. The number of aromatic nitrogens is 2. The Bertz CT molecular complexity index is 639. The number of amides is 1. The summed E-state index contributed by atoms with van der Waals surface area (Å²) in [5.41, 5.74) is 1.37. The molecule has 6 nitrogen and oxygen atoms in total. The lowest BCUT2D eigenvalue weighted by Gasteiger charge is -2.14. The zero-order chi connectivity index (χ0) is 16.1. The summed E-state index contributed by atoms with van der Waals surface area (Å²) in [5.74, 6) is 1.07. The third-order valence-electron chi connectivity index (χ3n) is 3.63. The normalized spacial score (nSPS) is 12.2. The molecule has 0 bridgehead atoms. The van der Waals surface area contributed by atoms with E-state index >= 15 is 0 Å². The predicted molar refractivity (Wildman–Crippen MR) is 84.6 cm³/mol. The van der Waals surface area contributed by atoms with Crippen molar-refractivity contribution in [1.29, 1.82) is 0 Å². The number of benzene rings is 1. The largest absolute Gasteiger partial charge is 0.342 e. The summed E-state index contributed by atoms with van der Waals surface area (Å²) < 4.78 is 5.30. The molecule has 1 atom stereocenters. The molecule has 1 heterocycles. The second kappa shape index (κ2) is 7.17. The minimum atomic E-state index is -0.0205. The van der Waals surface area contributed by atoms with Crippen molar-refractivity contribution in [3.8, 4) is 11.5 Å². The number of carbonyl (C=O) groups excluding carboxylic acids is 1. The van der Waals surface area contributed by atoms with Crippen LogP contribution < -0.4 is 5.32 Å². The molecule has 1 unspecified atom stereocenters. The quantitative estimate of drug-likeness (QED) is 0.883. The van der Waals surface area contributed by atoms with Crippen molar-refractivity contribution in [2.45, 2.75) is 26.3 Å². The van der Waals surface area contributed by atoms with Crippen molar-refractivity contribution in [3.63, 3.8) is 0 Å². The highest BCUT2D eigenvalue weighted by Crippen LogP contribution is 2.19. The van der Waals surface area contributed by atoms with Crippen LogP contribution in [-0.2, 0) is 6.42 Å². The van der Waals surface area contributed by atoms with E-state index in [9.17, 15) is 4.79 Å². The van der Waals surface area contributed by atoms with Crippen molar-refractivity contribution < 1.29 is 9.32 Å². The summed E-state index contributed by atoms with van der Waals surface area (Å²) in [4.78, 5) is 18.3. The topological polar surface area (TPSA) is 71.3 Å². The molecule has 1 N–H and O–H groups in total. The lowest BCUT2D eigenvalue weighted by Crippen LogP contribution is -2.26. The van der Waals surface area contributed by atoms with Gasteiger partial charge < -0.3 is 14.7 Å². The molecule has 0 saturated carbocycles. The van der Waals surface area contributed by atoms with Crippen molar-refractivity contribution in [2.75, 3.05) is 20.6 Å². The molecular weight excluding hydrogens is 280 g/mol. The van der Waals surface area contributed by atoms with Gasteiger partial charge in [0, 0.05) is 37.2 Å². The van der Waals surface area contributed by atoms with Gasteiger partial charge in [0.05, 0.1) is 0 Å². The fourth-order valence-electron chi connectivity index (χ4n) is 1.98. The molecule has 0 aliphatic heterocycles. The summed E-state index contributed by atoms with van der Waals surface area (Å²) in [5, 5.41) is 7.12. The molecule has 1 amide bonds. The molecule has 1 aromatic heterocycles. The minimum absolute atomic E-state index is 0.0205. The fourth-order valence-corrected chi connectivity index (χ4v) is 1.98. The number of carbonyl (C=O) groups is 1. The van der Waals surface area contributed by atoms with Gasteiger partial charge in [-0.15, -0.1) is 0 Å². The number of rotatable bonds is 6. The minimum Gasteiger partial charge on any atom is -0.342 e. The molecule has 0 radical (unpaired) electrons. The second-order valence-corrected chi connectivity index (χ2v) is 5.31. The van der Waals surface area contributed by atoms with Crippen LogP contribution in [0, 0.1) is 0 Å². The summed E-state index contributed by atoms with van der Waals surface area (Å²) in [6.07, 6.45) is 0.692. The molecule has 0 fully saturated rings. The molecule has 0 saturated heterocycles. The molecular formula is C16H22N4O2. The summed E-state index contributed by atoms with van der Waals surface area (Å²) in [6, 6.07) is 7.54. The zero-order valence-electron chi connectivity index (χ0n) is 13.5. The van der Waals surface area contributed by atoms with Gasteiger partial charge in [0.1, 0.15) is 0 Å². The highest BCUT2D eigenvalue weighted by molar-refractivity contribution is 5.95. The smallest absolute Gasteiger partial charge is 0.257 e. The average Bonchev–Trinajstić information content (AvgIpc) is 3.01. The van der Waals surface area contributed by atoms with Gasteiger partial charge in [-0.1, -0.05) is 11.2 Å². The van der Waals surface area contributed by atoms with Crippen LogP contribution in [0.15, 0.2) is 28.8 Å². The molecule has 6 heteroatoms. The Balaban J connectivity index is 2.21. The van der Waals surface area contributed by atoms with E-state index in [0.29, 0.717) is 30.2 Å². The number of hydrogen-bond donors (Lipinski definition) is 1. The maximum atomic E-state index is 12.2. The SMILES string of the molecule is CCN(C)C(=O)c1cccc(-c2nc(CC(C)NC)no2)c1. The summed E-state index contributed by atoms with van der Waals surface area (Å²) in [7, 11) is 3.67. The highest BCUT2D eigenvalue weighted by Gasteiger charge is 2.14. The first-order chi connectivity index (χ1) is 10.5. The van der Waals surface area contributed by atoms with Crippen LogP contribution >= 0.6 is 0 Å². The third-order valence-corrected chi connectivity index (χ3v) is 3.63. The first kappa shape index (κ1) is 16.2. The fraction of sp³-hybridized carbons (Fsp3) is 0.438. The monoisotopic (exact) mass is 302 g/mol. The van der Waals surface area contributed by atoms with E-state index in [4.69, 9.17) is 4.52 Å². The van der Waals surface area contributed by atoms with Gasteiger partial charge in [-0.3, -0.25) is 4.79 Å². The molecule has 1 aromatic carbocycles. The highest BCUT2D eigenvalue weighted by atomic mass is 16.5. The Labute approximate surface area is 130 Å². The van der Waals surface area contributed by atoms with Crippen LogP contribution in [0.25, 0.3) is 11.5 Å². The van der Waals surface area contributed by atoms with E-state index in [1.54, 1.807) is 24.1 Å². The number of nitrogens with one attached hydrogen (secondary N) is 1. The van der Waals surface area contributed by atoms with Gasteiger partial charge in [0.25, 0.3) is 11.8 Å². The average molecular weight is 302 g/mol. The van der Waals surface area contributed by atoms with Crippen molar-refractivity contribution >= 4 is 5.91 Å². The summed E-state index contributed by atoms with van der Waals surface area (Å²) >= 11 is 0. The standard InChI is InChI=1S/C16H22N4O2/c1-5-20(4)16(21)13-8-6-7-12(10-13)15-18-14(19-22-15)9-11(2)17-3/h6-8,10-11,17H,5,9H2,1-4H3. The van der Waals surface area contributed by atoms with E-state index in [1.807, 2.05) is 26.1 Å². The van der Waals surface area contributed by atoms with Gasteiger partial charge in [0.15, 0.2) is 5.82 Å². The van der Waals surface area contributed by atoms with Crippen LogP contribution in [0.1, 0.15) is 30.0 Å². The zero-order valence-corrected chi connectivity index (χ0v) is 13.5. The van der Waals surface area contributed by atoms with E-state index in [1.165, 1.54) is 0 Å². The van der Waals surface area contributed by atoms with Gasteiger partial charge in [0.2, 0.25) is 0 Å². The van der Waals surface area contributed by atoms with Gasteiger partial charge in [-0.2, -0.15) is 4.98 Å².